The van der Waals surface area contributed by atoms with Crippen molar-refractivity contribution in [2.75, 3.05) is 0 Å². The highest BCUT2D eigenvalue weighted by atomic mass is 19.2. The molecule has 3 rings (SSSR count). The molecule has 24 heavy (non-hydrogen) atoms. The number of amides is 1. The van der Waals surface area contributed by atoms with Gasteiger partial charge in [0.15, 0.2) is 11.6 Å². The van der Waals surface area contributed by atoms with E-state index >= 15 is 0 Å². The third-order valence-electron chi connectivity index (χ3n) is 5.61. The topological polar surface area (TPSA) is 38.3 Å². The van der Waals surface area contributed by atoms with Crippen LogP contribution in [0.2, 0.25) is 0 Å². The summed E-state index contributed by atoms with van der Waals surface area (Å²) in [5, 5.41) is 3.07. The fraction of sp³-hybridized carbons (Fsp3) is 0.632. The van der Waals surface area contributed by atoms with Crippen LogP contribution in [0.4, 0.5) is 8.78 Å². The van der Waals surface area contributed by atoms with Gasteiger partial charge in [-0.3, -0.25) is 4.79 Å². The van der Waals surface area contributed by atoms with Gasteiger partial charge in [0.2, 0.25) is 5.91 Å². The number of hydrogen-bond acceptors (Lipinski definition) is 2. The number of rotatable bonds is 2. The molecule has 1 aliphatic carbocycles. The van der Waals surface area contributed by atoms with Crippen molar-refractivity contribution in [3.05, 3.63) is 35.4 Å². The van der Waals surface area contributed by atoms with E-state index in [0.29, 0.717) is 12.3 Å². The maximum atomic E-state index is 14.3. The SMILES string of the molecule is CC(=O)N[C@@]1(C)C[C@H](c2cccc(F)c2F)O[C@@H]2C[C@H](C)CC[C@H]21. The average molecular weight is 337 g/mol. The predicted octanol–water partition coefficient (Wildman–Crippen LogP) is 4.13. The first-order chi connectivity index (χ1) is 11.3. The van der Waals surface area contributed by atoms with Crippen LogP contribution < -0.4 is 5.32 Å². The molecular formula is C19H25F2NO2. The van der Waals surface area contributed by atoms with Crippen molar-refractivity contribution in [1.29, 1.82) is 0 Å². The Bertz CT molecular complexity index is 636. The number of ether oxygens (including phenoxy) is 1. The zero-order valence-electron chi connectivity index (χ0n) is 14.4. The molecule has 1 N–H and O–H groups in total. The number of fused-ring (bicyclic) bond motifs is 1. The molecule has 0 unspecified atom stereocenters. The summed E-state index contributed by atoms with van der Waals surface area (Å²) in [4.78, 5) is 11.7. The summed E-state index contributed by atoms with van der Waals surface area (Å²) in [5.41, 5.74) is -0.235. The highest BCUT2D eigenvalue weighted by Gasteiger charge is 2.49. The molecule has 3 nitrogen and oxygen atoms in total. The third-order valence-corrected chi connectivity index (χ3v) is 5.61. The minimum absolute atomic E-state index is 0.0491. The van der Waals surface area contributed by atoms with Crippen LogP contribution in [0.25, 0.3) is 0 Å². The van der Waals surface area contributed by atoms with Crippen LogP contribution in [0.5, 0.6) is 0 Å². The van der Waals surface area contributed by atoms with Crippen molar-refractivity contribution in [2.24, 2.45) is 11.8 Å². The highest BCUT2D eigenvalue weighted by molar-refractivity contribution is 5.73. The Hall–Kier alpha value is -1.49. The molecule has 2 aliphatic rings. The second kappa shape index (κ2) is 6.43. The van der Waals surface area contributed by atoms with E-state index in [1.165, 1.54) is 13.0 Å². The number of hydrogen-bond donors (Lipinski definition) is 1. The van der Waals surface area contributed by atoms with E-state index in [0.717, 1.165) is 25.3 Å². The monoisotopic (exact) mass is 337 g/mol. The van der Waals surface area contributed by atoms with Gasteiger partial charge in [-0.15, -0.1) is 0 Å². The average Bonchev–Trinajstić information content (AvgIpc) is 2.48. The van der Waals surface area contributed by atoms with E-state index in [1.807, 2.05) is 6.92 Å². The Morgan fingerprint density at radius 3 is 2.79 bits per heavy atom. The first-order valence-corrected chi connectivity index (χ1v) is 8.68. The standard InChI is InChI=1S/C19H25F2NO2/c1-11-7-8-14-16(9-11)24-17(10-19(14,3)22-12(2)23)13-5-4-6-15(20)18(13)21/h4-6,11,14,16-17H,7-10H2,1-3H3,(H,22,23)/t11-,14-,16-,17-,19+/m1/s1. The number of nitrogens with one attached hydrogen (secondary N) is 1. The Labute approximate surface area is 141 Å². The number of carbonyl (C=O) groups excluding carboxylic acids is 1. The minimum Gasteiger partial charge on any atom is -0.370 e. The lowest BCUT2D eigenvalue weighted by atomic mass is 9.66. The van der Waals surface area contributed by atoms with Gasteiger partial charge in [0.25, 0.3) is 0 Å². The number of benzene rings is 1. The van der Waals surface area contributed by atoms with Crippen LogP contribution in [-0.2, 0) is 9.53 Å². The maximum Gasteiger partial charge on any atom is 0.217 e. The van der Waals surface area contributed by atoms with Crippen LogP contribution in [0, 0.1) is 23.5 Å². The quantitative estimate of drug-likeness (QED) is 0.881. The zero-order chi connectivity index (χ0) is 17.5. The molecule has 1 heterocycles. The Morgan fingerprint density at radius 1 is 1.33 bits per heavy atom. The Morgan fingerprint density at radius 2 is 2.08 bits per heavy atom. The molecule has 132 valence electrons. The summed E-state index contributed by atoms with van der Waals surface area (Å²) in [6.07, 6.45) is 2.80. The van der Waals surface area contributed by atoms with Gasteiger partial charge in [0.1, 0.15) is 0 Å². The van der Waals surface area contributed by atoms with Gasteiger partial charge >= 0.3 is 0 Å². The van der Waals surface area contributed by atoms with E-state index in [9.17, 15) is 13.6 Å². The molecule has 2 fully saturated rings. The maximum absolute atomic E-state index is 14.3. The second-order valence-electron chi connectivity index (χ2n) is 7.63. The molecule has 1 aromatic carbocycles. The third kappa shape index (κ3) is 3.18. The lowest BCUT2D eigenvalue weighted by Gasteiger charge is -2.52. The molecule has 1 aromatic rings. The first kappa shape index (κ1) is 17.3. The van der Waals surface area contributed by atoms with Gasteiger partial charge < -0.3 is 10.1 Å². The first-order valence-electron chi connectivity index (χ1n) is 8.68. The van der Waals surface area contributed by atoms with Crippen LogP contribution in [0.1, 0.15) is 58.1 Å². The van der Waals surface area contributed by atoms with Crippen LogP contribution in [0.15, 0.2) is 18.2 Å². The van der Waals surface area contributed by atoms with E-state index in [1.54, 1.807) is 6.07 Å². The molecule has 1 aliphatic heterocycles. The summed E-state index contributed by atoms with van der Waals surface area (Å²) in [6, 6.07) is 4.19. The van der Waals surface area contributed by atoms with Gasteiger partial charge in [0, 0.05) is 30.4 Å². The lowest BCUT2D eigenvalue weighted by Crippen LogP contribution is -2.60. The molecule has 0 bridgehead atoms. The fourth-order valence-electron chi connectivity index (χ4n) is 4.50. The van der Waals surface area contributed by atoms with Crippen LogP contribution >= 0.6 is 0 Å². The van der Waals surface area contributed by atoms with Crippen molar-refractivity contribution >= 4 is 5.91 Å². The van der Waals surface area contributed by atoms with E-state index < -0.39 is 23.3 Å². The normalized spacial score (nSPS) is 36.0. The van der Waals surface area contributed by atoms with Crippen molar-refractivity contribution in [1.82, 2.24) is 5.32 Å². The Balaban J connectivity index is 1.95. The predicted molar refractivity (Wildman–Crippen MR) is 87.3 cm³/mol. The van der Waals surface area contributed by atoms with Crippen molar-refractivity contribution < 1.29 is 18.3 Å². The van der Waals surface area contributed by atoms with Crippen molar-refractivity contribution in [3.63, 3.8) is 0 Å². The van der Waals surface area contributed by atoms with Crippen molar-refractivity contribution in [3.8, 4) is 0 Å². The minimum atomic E-state index is -0.864. The van der Waals surface area contributed by atoms with Crippen LogP contribution in [-0.4, -0.2) is 17.6 Å². The summed E-state index contributed by atoms with van der Waals surface area (Å²) < 4.78 is 34.1. The zero-order valence-corrected chi connectivity index (χ0v) is 14.4. The molecule has 1 amide bonds. The Kier molecular flexibility index (Phi) is 4.65. The van der Waals surface area contributed by atoms with E-state index in [-0.39, 0.29) is 23.5 Å². The molecular weight excluding hydrogens is 312 g/mol. The van der Waals surface area contributed by atoms with Gasteiger partial charge in [0.05, 0.1) is 12.2 Å². The van der Waals surface area contributed by atoms with Gasteiger partial charge in [-0.1, -0.05) is 25.5 Å². The number of halogens is 2. The smallest absolute Gasteiger partial charge is 0.217 e. The van der Waals surface area contributed by atoms with E-state index in [2.05, 4.69) is 12.2 Å². The number of carbonyl (C=O) groups is 1. The largest absolute Gasteiger partial charge is 0.370 e. The van der Waals surface area contributed by atoms with Gasteiger partial charge in [-0.25, -0.2) is 8.78 Å². The second-order valence-corrected chi connectivity index (χ2v) is 7.63. The highest BCUT2D eigenvalue weighted by Crippen LogP contribution is 2.48. The lowest BCUT2D eigenvalue weighted by molar-refractivity contribution is -0.153. The fourth-order valence-corrected chi connectivity index (χ4v) is 4.50. The molecule has 5 heteroatoms. The van der Waals surface area contributed by atoms with E-state index in [4.69, 9.17) is 4.74 Å². The van der Waals surface area contributed by atoms with Crippen molar-refractivity contribution in [2.45, 2.75) is 64.2 Å². The molecule has 5 atom stereocenters. The molecule has 0 aromatic heterocycles. The van der Waals surface area contributed by atoms with Gasteiger partial charge in [-0.05, 0) is 31.7 Å². The summed E-state index contributed by atoms with van der Waals surface area (Å²) >= 11 is 0. The summed E-state index contributed by atoms with van der Waals surface area (Å²) in [7, 11) is 0. The molecule has 1 saturated heterocycles. The van der Waals surface area contributed by atoms with Gasteiger partial charge in [-0.2, -0.15) is 0 Å². The summed E-state index contributed by atoms with van der Waals surface area (Å²) in [5.74, 6) is -1.09. The summed E-state index contributed by atoms with van der Waals surface area (Å²) in [6.45, 7) is 5.69. The molecule has 0 spiro atoms. The molecule has 0 radical (unpaired) electrons. The molecule has 1 saturated carbocycles. The van der Waals surface area contributed by atoms with Crippen LogP contribution in [0.3, 0.4) is 0 Å².